The first kappa shape index (κ1) is 13.8. The molecule has 0 unspecified atom stereocenters. The zero-order valence-electron chi connectivity index (χ0n) is 7.77. The Morgan fingerprint density at radius 1 is 1.47 bits per heavy atom. The first-order chi connectivity index (χ1) is 6.61. The van der Waals surface area contributed by atoms with Crippen LogP contribution in [0.2, 0.25) is 0 Å². The van der Waals surface area contributed by atoms with Crippen molar-refractivity contribution in [2.75, 3.05) is 5.75 Å². The Bertz CT molecular complexity index is 371. The molecule has 0 spiro atoms. The first-order valence-corrected chi connectivity index (χ1v) is 4.88. The number of hydrogen-bond donors (Lipinski definition) is 3. The number of hydrogen-bond acceptors (Lipinski definition) is 3. The summed E-state index contributed by atoms with van der Waals surface area (Å²) < 4.78 is 0. The second kappa shape index (κ2) is 6.31. The van der Waals surface area contributed by atoms with E-state index in [0.717, 1.165) is 16.7 Å². The number of nitrogens with one attached hydrogen (secondary N) is 1. The average molecular weight is 247 g/mol. The molecule has 4 nitrogen and oxygen atoms in total. The number of nitrogens with two attached hydrogens (primary N) is 1. The van der Waals surface area contributed by atoms with E-state index >= 15 is 0 Å². The fourth-order valence-corrected chi connectivity index (χ4v) is 1.74. The zero-order valence-corrected chi connectivity index (χ0v) is 9.40. The van der Waals surface area contributed by atoms with Crippen molar-refractivity contribution in [3.05, 3.63) is 29.8 Å². The average Bonchev–Trinajstić information content (AvgIpc) is 2.15. The van der Waals surface area contributed by atoms with Crippen molar-refractivity contribution in [1.29, 1.82) is 5.41 Å². The number of carboxylic acids is 1. The molecule has 1 rings (SSSR count). The lowest BCUT2D eigenvalue weighted by atomic mass is 10.2. The second-order valence-electron chi connectivity index (χ2n) is 2.59. The minimum atomic E-state index is -0.881. The van der Waals surface area contributed by atoms with Crippen LogP contribution in [0.4, 0.5) is 0 Å². The Morgan fingerprint density at radius 2 is 2.07 bits per heavy atom. The van der Waals surface area contributed by atoms with Crippen molar-refractivity contribution in [2.24, 2.45) is 5.73 Å². The van der Waals surface area contributed by atoms with Crippen molar-refractivity contribution in [2.45, 2.75) is 4.90 Å². The SMILES string of the molecule is Cl.N=C(N)c1ccccc1SCC(=O)O. The van der Waals surface area contributed by atoms with Crippen molar-refractivity contribution in [1.82, 2.24) is 0 Å². The van der Waals surface area contributed by atoms with E-state index in [0.29, 0.717) is 5.56 Å². The number of nitrogen functional groups attached to an aromatic ring is 1. The lowest BCUT2D eigenvalue weighted by Crippen LogP contribution is -2.12. The Morgan fingerprint density at radius 3 is 2.60 bits per heavy atom. The lowest BCUT2D eigenvalue weighted by Gasteiger charge is -2.05. The highest BCUT2D eigenvalue weighted by Crippen LogP contribution is 2.21. The van der Waals surface area contributed by atoms with Crippen molar-refractivity contribution >= 4 is 36.0 Å². The van der Waals surface area contributed by atoms with Gasteiger partial charge in [0.1, 0.15) is 5.84 Å². The summed E-state index contributed by atoms with van der Waals surface area (Å²) in [5, 5.41) is 15.8. The van der Waals surface area contributed by atoms with Crippen LogP contribution in [0.3, 0.4) is 0 Å². The van der Waals surface area contributed by atoms with Crippen LogP contribution in [0, 0.1) is 5.41 Å². The van der Waals surface area contributed by atoms with E-state index in [9.17, 15) is 4.79 Å². The van der Waals surface area contributed by atoms with Crippen LogP contribution >= 0.6 is 24.2 Å². The molecule has 0 amide bonds. The number of thioether (sulfide) groups is 1. The van der Waals surface area contributed by atoms with Gasteiger partial charge >= 0.3 is 5.97 Å². The number of rotatable bonds is 4. The van der Waals surface area contributed by atoms with Crippen LogP contribution in [0.25, 0.3) is 0 Å². The van der Waals surface area contributed by atoms with Crippen molar-refractivity contribution in [3.8, 4) is 0 Å². The Kier molecular flexibility index (Phi) is 5.81. The molecule has 0 aliphatic rings. The number of amidine groups is 1. The van der Waals surface area contributed by atoms with Crippen molar-refractivity contribution in [3.63, 3.8) is 0 Å². The molecule has 0 saturated heterocycles. The molecule has 82 valence electrons. The normalized spacial score (nSPS) is 9.07. The van der Waals surface area contributed by atoms with Gasteiger partial charge in [0.2, 0.25) is 0 Å². The Hall–Kier alpha value is -1.20. The predicted molar refractivity (Wildman–Crippen MR) is 63.1 cm³/mol. The number of aliphatic carboxylic acids is 1. The number of halogens is 1. The van der Waals surface area contributed by atoms with Gasteiger partial charge in [-0.2, -0.15) is 0 Å². The second-order valence-corrected chi connectivity index (χ2v) is 3.61. The molecule has 0 fully saturated rings. The summed E-state index contributed by atoms with van der Waals surface area (Å²) >= 11 is 1.16. The van der Waals surface area contributed by atoms with Crippen LogP contribution < -0.4 is 5.73 Å². The van der Waals surface area contributed by atoms with Gasteiger partial charge in [-0.3, -0.25) is 10.2 Å². The van der Waals surface area contributed by atoms with Gasteiger partial charge in [-0.1, -0.05) is 18.2 Å². The molecule has 1 aromatic rings. The minimum Gasteiger partial charge on any atom is -0.481 e. The van der Waals surface area contributed by atoms with E-state index in [1.54, 1.807) is 24.3 Å². The van der Waals surface area contributed by atoms with Crippen LogP contribution in [-0.4, -0.2) is 22.7 Å². The van der Waals surface area contributed by atoms with Crippen LogP contribution in [0.1, 0.15) is 5.56 Å². The lowest BCUT2D eigenvalue weighted by molar-refractivity contribution is -0.133. The summed E-state index contributed by atoms with van der Waals surface area (Å²) in [5.41, 5.74) is 5.93. The third-order valence-electron chi connectivity index (χ3n) is 1.53. The molecule has 0 heterocycles. The van der Waals surface area contributed by atoms with Gasteiger partial charge in [0.25, 0.3) is 0 Å². The summed E-state index contributed by atoms with van der Waals surface area (Å²) in [5.74, 6) is -0.948. The Labute approximate surface area is 97.8 Å². The summed E-state index contributed by atoms with van der Waals surface area (Å²) in [6, 6.07) is 7.01. The molecule has 0 saturated carbocycles. The van der Waals surface area contributed by atoms with E-state index in [1.165, 1.54) is 0 Å². The highest BCUT2D eigenvalue weighted by Gasteiger charge is 2.06. The molecular weight excluding hydrogens is 236 g/mol. The highest BCUT2D eigenvalue weighted by atomic mass is 35.5. The standard InChI is InChI=1S/C9H10N2O2S.ClH/c10-9(11)6-3-1-2-4-7(6)14-5-8(12)13;/h1-4H,5H2,(H3,10,11)(H,12,13);1H. The minimum absolute atomic E-state index is 0. The smallest absolute Gasteiger partial charge is 0.313 e. The molecule has 0 bridgehead atoms. The maximum absolute atomic E-state index is 10.3. The fourth-order valence-electron chi connectivity index (χ4n) is 0.955. The summed E-state index contributed by atoms with van der Waals surface area (Å²) in [7, 11) is 0. The summed E-state index contributed by atoms with van der Waals surface area (Å²) in [4.78, 5) is 11.1. The van der Waals surface area contributed by atoms with E-state index in [4.69, 9.17) is 16.2 Å². The van der Waals surface area contributed by atoms with Crippen LogP contribution in [-0.2, 0) is 4.79 Å². The van der Waals surface area contributed by atoms with Crippen LogP contribution in [0.15, 0.2) is 29.2 Å². The largest absolute Gasteiger partial charge is 0.481 e. The molecule has 0 aromatic heterocycles. The molecule has 0 radical (unpaired) electrons. The predicted octanol–water partition coefficient (Wildman–Crippen LogP) is 1.57. The maximum Gasteiger partial charge on any atom is 0.313 e. The van der Waals surface area contributed by atoms with Gasteiger partial charge in [-0.15, -0.1) is 24.2 Å². The third-order valence-corrected chi connectivity index (χ3v) is 2.59. The molecule has 0 aliphatic heterocycles. The number of carbonyl (C=O) groups is 1. The number of carboxylic acid groups (broad SMARTS) is 1. The zero-order chi connectivity index (χ0) is 10.6. The number of benzene rings is 1. The summed E-state index contributed by atoms with van der Waals surface area (Å²) in [6.07, 6.45) is 0. The topological polar surface area (TPSA) is 87.2 Å². The van der Waals surface area contributed by atoms with E-state index in [-0.39, 0.29) is 24.0 Å². The van der Waals surface area contributed by atoms with E-state index in [1.807, 2.05) is 0 Å². The molecule has 0 atom stereocenters. The molecule has 0 aliphatic carbocycles. The van der Waals surface area contributed by atoms with Gasteiger partial charge in [0.15, 0.2) is 0 Å². The van der Waals surface area contributed by atoms with Gasteiger partial charge in [0.05, 0.1) is 5.75 Å². The van der Waals surface area contributed by atoms with E-state index in [2.05, 4.69) is 0 Å². The molecule has 4 N–H and O–H groups in total. The maximum atomic E-state index is 10.3. The van der Waals surface area contributed by atoms with Crippen molar-refractivity contribution < 1.29 is 9.90 Å². The van der Waals surface area contributed by atoms with Gasteiger partial charge in [-0.25, -0.2) is 0 Å². The fraction of sp³-hybridized carbons (Fsp3) is 0.111. The molecular formula is C9H11ClN2O2S. The third kappa shape index (κ3) is 4.22. The van der Waals surface area contributed by atoms with E-state index < -0.39 is 5.97 Å². The van der Waals surface area contributed by atoms with Gasteiger partial charge < -0.3 is 10.8 Å². The molecule has 6 heteroatoms. The quantitative estimate of drug-likeness (QED) is 0.428. The monoisotopic (exact) mass is 246 g/mol. The first-order valence-electron chi connectivity index (χ1n) is 3.89. The van der Waals surface area contributed by atoms with Crippen LogP contribution in [0.5, 0.6) is 0 Å². The Balaban J connectivity index is 0.00000196. The summed E-state index contributed by atoms with van der Waals surface area (Å²) in [6.45, 7) is 0. The molecule has 15 heavy (non-hydrogen) atoms. The van der Waals surface area contributed by atoms with Gasteiger partial charge in [-0.05, 0) is 6.07 Å². The van der Waals surface area contributed by atoms with Gasteiger partial charge in [0, 0.05) is 10.5 Å². The molecule has 1 aromatic carbocycles. The highest BCUT2D eigenvalue weighted by molar-refractivity contribution is 8.00.